The van der Waals surface area contributed by atoms with Crippen molar-refractivity contribution in [3.8, 4) is 0 Å². The summed E-state index contributed by atoms with van der Waals surface area (Å²) < 4.78 is 6.61. The second kappa shape index (κ2) is 8.81. The van der Waals surface area contributed by atoms with Crippen LogP contribution in [0.25, 0.3) is 0 Å². The average molecular weight is 392 g/mol. The van der Waals surface area contributed by atoms with E-state index in [0.717, 1.165) is 0 Å². The van der Waals surface area contributed by atoms with Crippen LogP contribution in [0.3, 0.4) is 0 Å². The van der Waals surface area contributed by atoms with Crippen molar-refractivity contribution in [1.29, 1.82) is 0 Å². The van der Waals surface area contributed by atoms with Crippen LogP contribution in [0.5, 0.6) is 0 Å². The molecular formula is C19H22ClN3O4. The van der Waals surface area contributed by atoms with Crippen LogP contribution in [0.2, 0.25) is 5.15 Å². The van der Waals surface area contributed by atoms with Gasteiger partial charge in [-0.05, 0) is 31.9 Å². The van der Waals surface area contributed by atoms with Crippen LogP contribution >= 0.6 is 11.6 Å². The number of hydrogen-bond donors (Lipinski definition) is 1. The van der Waals surface area contributed by atoms with E-state index in [1.807, 2.05) is 13.8 Å². The first kappa shape index (κ1) is 20.6. The number of carbonyl (C=O) groups is 3. The first-order chi connectivity index (χ1) is 12.7. The SMILES string of the molecule is CC(=O)c1ccccc1NC(=O)COC(=O)c1c(C)nn(CC(C)C)c1Cl. The van der Waals surface area contributed by atoms with Crippen molar-refractivity contribution >= 4 is 34.9 Å². The van der Waals surface area contributed by atoms with Crippen molar-refractivity contribution < 1.29 is 19.1 Å². The number of amides is 1. The smallest absolute Gasteiger partial charge is 0.343 e. The number of halogens is 1. The summed E-state index contributed by atoms with van der Waals surface area (Å²) in [6.45, 7) is 7.14. The number of benzene rings is 1. The first-order valence-corrected chi connectivity index (χ1v) is 8.88. The average Bonchev–Trinajstić information content (AvgIpc) is 2.86. The van der Waals surface area contributed by atoms with Gasteiger partial charge in [-0.2, -0.15) is 5.10 Å². The number of ketones is 1. The molecule has 0 atom stereocenters. The number of nitrogens with one attached hydrogen (secondary N) is 1. The molecule has 0 bridgehead atoms. The minimum atomic E-state index is -0.720. The monoisotopic (exact) mass is 391 g/mol. The fourth-order valence-electron chi connectivity index (χ4n) is 2.54. The minimum absolute atomic E-state index is 0.147. The number of para-hydroxylation sites is 1. The Morgan fingerprint density at radius 1 is 1.26 bits per heavy atom. The van der Waals surface area contributed by atoms with Crippen molar-refractivity contribution in [2.24, 2.45) is 5.92 Å². The summed E-state index contributed by atoms with van der Waals surface area (Å²) in [4.78, 5) is 36.0. The molecule has 7 nitrogen and oxygen atoms in total. The molecule has 1 amide bonds. The fourth-order valence-corrected chi connectivity index (χ4v) is 2.86. The Bertz CT molecular complexity index is 874. The minimum Gasteiger partial charge on any atom is -0.452 e. The van der Waals surface area contributed by atoms with Crippen LogP contribution in [0.4, 0.5) is 5.69 Å². The number of carbonyl (C=O) groups excluding carboxylic acids is 3. The van der Waals surface area contributed by atoms with Gasteiger partial charge in [-0.15, -0.1) is 0 Å². The van der Waals surface area contributed by atoms with Crippen LogP contribution < -0.4 is 5.32 Å². The molecule has 2 aromatic rings. The molecule has 1 heterocycles. The van der Waals surface area contributed by atoms with Gasteiger partial charge in [0.2, 0.25) is 0 Å². The summed E-state index contributed by atoms with van der Waals surface area (Å²) in [5.74, 6) is -1.15. The topological polar surface area (TPSA) is 90.3 Å². The predicted molar refractivity (Wildman–Crippen MR) is 102 cm³/mol. The highest BCUT2D eigenvalue weighted by Gasteiger charge is 2.23. The van der Waals surface area contributed by atoms with Gasteiger partial charge in [0.15, 0.2) is 12.4 Å². The van der Waals surface area contributed by atoms with Gasteiger partial charge in [0.25, 0.3) is 5.91 Å². The Labute approximate surface area is 162 Å². The summed E-state index contributed by atoms with van der Waals surface area (Å²) in [5.41, 5.74) is 1.33. The molecular weight excluding hydrogens is 370 g/mol. The zero-order valence-corrected chi connectivity index (χ0v) is 16.5. The maximum Gasteiger partial charge on any atom is 0.343 e. The van der Waals surface area contributed by atoms with E-state index in [1.54, 1.807) is 35.9 Å². The second-order valence-corrected chi connectivity index (χ2v) is 6.91. The maximum absolute atomic E-state index is 12.3. The summed E-state index contributed by atoms with van der Waals surface area (Å²) in [6.07, 6.45) is 0. The van der Waals surface area contributed by atoms with E-state index < -0.39 is 18.5 Å². The number of hydrogen-bond acceptors (Lipinski definition) is 5. The Hall–Kier alpha value is -2.67. The molecule has 0 radical (unpaired) electrons. The fraction of sp³-hybridized carbons (Fsp3) is 0.368. The molecule has 1 aromatic heterocycles. The third-order valence-electron chi connectivity index (χ3n) is 3.72. The van der Waals surface area contributed by atoms with Crippen molar-refractivity contribution in [3.05, 3.63) is 46.2 Å². The number of aromatic nitrogens is 2. The quantitative estimate of drug-likeness (QED) is 0.576. The molecule has 0 fully saturated rings. The van der Waals surface area contributed by atoms with Gasteiger partial charge in [-0.25, -0.2) is 4.79 Å². The largest absolute Gasteiger partial charge is 0.452 e. The van der Waals surface area contributed by atoms with Crippen molar-refractivity contribution in [3.63, 3.8) is 0 Å². The Morgan fingerprint density at radius 2 is 1.93 bits per heavy atom. The van der Waals surface area contributed by atoms with Gasteiger partial charge in [0.1, 0.15) is 10.7 Å². The summed E-state index contributed by atoms with van der Waals surface area (Å²) in [6, 6.07) is 6.61. The number of nitrogens with zero attached hydrogens (tertiary/aromatic N) is 2. The molecule has 144 valence electrons. The number of Topliss-reactive ketones (excluding diaryl/α,β-unsaturated/α-hetero) is 1. The number of anilines is 1. The molecule has 0 unspecified atom stereocenters. The van der Waals surface area contributed by atoms with Gasteiger partial charge in [-0.1, -0.05) is 37.6 Å². The molecule has 0 aliphatic carbocycles. The van der Waals surface area contributed by atoms with E-state index in [4.69, 9.17) is 16.3 Å². The van der Waals surface area contributed by atoms with Crippen LogP contribution in [0.15, 0.2) is 24.3 Å². The number of rotatable bonds is 7. The number of ether oxygens (including phenoxy) is 1. The summed E-state index contributed by atoms with van der Waals surface area (Å²) in [7, 11) is 0. The van der Waals surface area contributed by atoms with Gasteiger partial charge < -0.3 is 10.1 Å². The third kappa shape index (κ3) is 5.17. The molecule has 0 aliphatic heterocycles. The third-order valence-corrected chi connectivity index (χ3v) is 4.11. The molecule has 0 saturated carbocycles. The molecule has 1 N–H and O–H groups in total. The molecule has 2 rings (SSSR count). The van der Waals surface area contributed by atoms with Crippen molar-refractivity contribution in [2.45, 2.75) is 34.2 Å². The standard InChI is InChI=1S/C19H22ClN3O4/c1-11(2)9-23-18(20)17(12(3)22-23)19(26)27-10-16(25)21-15-8-6-5-7-14(15)13(4)24/h5-8,11H,9-10H2,1-4H3,(H,21,25). The van der Waals surface area contributed by atoms with Crippen LogP contribution in [-0.4, -0.2) is 34.0 Å². The second-order valence-electron chi connectivity index (χ2n) is 6.55. The molecule has 0 saturated heterocycles. The van der Waals surface area contributed by atoms with Crippen LogP contribution in [0, 0.1) is 12.8 Å². The molecule has 0 spiro atoms. The van der Waals surface area contributed by atoms with E-state index in [1.165, 1.54) is 6.92 Å². The molecule has 0 aliphatic rings. The molecule has 1 aromatic carbocycles. The highest BCUT2D eigenvalue weighted by atomic mass is 35.5. The van der Waals surface area contributed by atoms with Crippen molar-refractivity contribution in [2.75, 3.05) is 11.9 Å². The number of esters is 1. The predicted octanol–water partition coefficient (Wildman–Crippen LogP) is 3.50. The highest BCUT2D eigenvalue weighted by molar-refractivity contribution is 6.32. The van der Waals surface area contributed by atoms with Gasteiger partial charge in [0.05, 0.1) is 11.4 Å². The van der Waals surface area contributed by atoms with Gasteiger partial charge in [-0.3, -0.25) is 14.3 Å². The molecule has 27 heavy (non-hydrogen) atoms. The zero-order chi connectivity index (χ0) is 20.1. The summed E-state index contributed by atoms with van der Waals surface area (Å²) >= 11 is 6.23. The van der Waals surface area contributed by atoms with Gasteiger partial charge >= 0.3 is 5.97 Å². The van der Waals surface area contributed by atoms with Crippen LogP contribution in [-0.2, 0) is 16.1 Å². The Morgan fingerprint density at radius 3 is 2.56 bits per heavy atom. The number of aryl methyl sites for hydroxylation is 1. The van der Waals surface area contributed by atoms with E-state index in [9.17, 15) is 14.4 Å². The van der Waals surface area contributed by atoms with E-state index in [-0.39, 0.29) is 16.5 Å². The van der Waals surface area contributed by atoms with Crippen molar-refractivity contribution in [1.82, 2.24) is 9.78 Å². The van der Waals surface area contributed by atoms with E-state index in [2.05, 4.69) is 10.4 Å². The first-order valence-electron chi connectivity index (χ1n) is 8.50. The lowest BCUT2D eigenvalue weighted by Gasteiger charge is -2.09. The van der Waals surface area contributed by atoms with Crippen LogP contribution in [0.1, 0.15) is 47.2 Å². The lowest BCUT2D eigenvalue weighted by Crippen LogP contribution is -2.22. The maximum atomic E-state index is 12.3. The van der Waals surface area contributed by atoms with E-state index in [0.29, 0.717) is 29.4 Å². The Balaban J connectivity index is 2.03. The highest BCUT2D eigenvalue weighted by Crippen LogP contribution is 2.22. The molecule has 8 heteroatoms. The lowest BCUT2D eigenvalue weighted by atomic mass is 10.1. The lowest BCUT2D eigenvalue weighted by molar-refractivity contribution is -0.119. The summed E-state index contributed by atoms with van der Waals surface area (Å²) in [5, 5.41) is 7.00. The van der Waals surface area contributed by atoms with E-state index >= 15 is 0 Å². The Kier molecular flexibility index (Phi) is 6.74. The zero-order valence-electron chi connectivity index (χ0n) is 15.7. The normalized spacial score (nSPS) is 10.7. The van der Waals surface area contributed by atoms with Gasteiger partial charge in [0, 0.05) is 12.1 Å².